The number of nitrogens with one attached hydrogen (secondary N) is 1. The van der Waals surface area contributed by atoms with Gasteiger partial charge in [0.15, 0.2) is 0 Å². The molecular weight excluding hydrogens is 250 g/mol. The van der Waals surface area contributed by atoms with Crippen molar-refractivity contribution in [3.05, 3.63) is 41.5 Å². The molecule has 0 amide bonds. The molecule has 1 aromatic carbocycles. The van der Waals surface area contributed by atoms with Crippen molar-refractivity contribution < 1.29 is 9.84 Å². The monoisotopic (exact) mass is 275 g/mol. The predicted octanol–water partition coefficient (Wildman–Crippen LogP) is 2.82. The average Bonchev–Trinajstić information content (AvgIpc) is 2.95. The molecule has 0 fully saturated rings. The standard InChI is InChI=1S/C17H25NO2/c1-14-5-4-8-17(11-14)20-13-16(19)12-18-10-9-15-6-2-3-7-15/h4-6,8,11,16,18-19H,2-3,7,9-10,12-13H2,1H3. The fraction of sp³-hybridized carbons (Fsp3) is 0.529. The van der Waals surface area contributed by atoms with Crippen molar-refractivity contribution in [2.45, 2.75) is 38.7 Å². The first-order valence-electron chi connectivity index (χ1n) is 7.50. The summed E-state index contributed by atoms with van der Waals surface area (Å²) in [7, 11) is 0. The van der Waals surface area contributed by atoms with Crippen molar-refractivity contribution in [3.8, 4) is 5.75 Å². The molecule has 1 aliphatic rings. The summed E-state index contributed by atoms with van der Waals surface area (Å²) in [4.78, 5) is 0. The van der Waals surface area contributed by atoms with Crippen molar-refractivity contribution in [1.29, 1.82) is 0 Å². The van der Waals surface area contributed by atoms with Crippen molar-refractivity contribution in [1.82, 2.24) is 5.32 Å². The van der Waals surface area contributed by atoms with Crippen molar-refractivity contribution in [3.63, 3.8) is 0 Å². The van der Waals surface area contributed by atoms with Gasteiger partial charge >= 0.3 is 0 Å². The fourth-order valence-corrected chi connectivity index (χ4v) is 2.44. The van der Waals surface area contributed by atoms with E-state index in [-0.39, 0.29) is 0 Å². The molecule has 1 aromatic rings. The summed E-state index contributed by atoms with van der Waals surface area (Å²) in [5.41, 5.74) is 2.72. The first-order valence-corrected chi connectivity index (χ1v) is 7.50. The van der Waals surface area contributed by atoms with Crippen LogP contribution in [-0.2, 0) is 0 Å². The highest BCUT2D eigenvalue weighted by molar-refractivity contribution is 5.27. The molecule has 0 heterocycles. The Kier molecular flexibility index (Phi) is 6.09. The number of rotatable bonds is 8. The number of benzene rings is 1. The second kappa shape index (κ2) is 8.08. The largest absolute Gasteiger partial charge is 0.491 e. The quantitative estimate of drug-likeness (QED) is 0.566. The van der Waals surface area contributed by atoms with Crippen LogP contribution in [0.2, 0.25) is 0 Å². The van der Waals surface area contributed by atoms with Crippen molar-refractivity contribution in [2.24, 2.45) is 0 Å². The molecule has 2 rings (SSSR count). The van der Waals surface area contributed by atoms with Crippen molar-refractivity contribution >= 4 is 0 Å². The molecule has 1 atom stereocenters. The molecule has 0 spiro atoms. The van der Waals surface area contributed by atoms with Crippen LogP contribution < -0.4 is 10.1 Å². The smallest absolute Gasteiger partial charge is 0.119 e. The van der Waals surface area contributed by atoms with Gasteiger partial charge in [0.2, 0.25) is 0 Å². The fourth-order valence-electron chi connectivity index (χ4n) is 2.44. The van der Waals surface area contributed by atoms with E-state index in [9.17, 15) is 5.11 Å². The number of aryl methyl sites for hydroxylation is 1. The number of aliphatic hydroxyl groups is 1. The lowest BCUT2D eigenvalue weighted by atomic mass is 10.2. The molecule has 1 unspecified atom stereocenters. The van der Waals surface area contributed by atoms with Gasteiger partial charge in [-0.05, 0) is 56.8 Å². The van der Waals surface area contributed by atoms with Crippen LogP contribution in [0, 0.1) is 6.92 Å². The summed E-state index contributed by atoms with van der Waals surface area (Å²) in [6, 6.07) is 7.89. The Morgan fingerprint density at radius 3 is 3.05 bits per heavy atom. The Bertz CT molecular complexity index is 442. The van der Waals surface area contributed by atoms with Crippen LogP contribution in [0.15, 0.2) is 35.9 Å². The van der Waals surface area contributed by atoms with Gasteiger partial charge in [-0.25, -0.2) is 0 Å². The third-order valence-electron chi connectivity index (χ3n) is 3.57. The van der Waals surface area contributed by atoms with Crippen LogP contribution in [0.25, 0.3) is 0 Å². The van der Waals surface area contributed by atoms with E-state index < -0.39 is 6.10 Å². The van der Waals surface area contributed by atoms with Gasteiger partial charge in [0, 0.05) is 6.54 Å². The van der Waals surface area contributed by atoms with Crippen LogP contribution >= 0.6 is 0 Å². The number of ether oxygens (including phenoxy) is 1. The molecule has 0 aromatic heterocycles. The maximum atomic E-state index is 9.87. The molecule has 0 saturated heterocycles. The van der Waals surface area contributed by atoms with E-state index in [1.54, 1.807) is 5.57 Å². The van der Waals surface area contributed by atoms with E-state index in [1.165, 1.54) is 24.8 Å². The van der Waals surface area contributed by atoms with E-state index in [2.05, 4.69) is 11.4 Å². The second-order valence-electron chi connectivity index (χ2n) is 5.49. The van der Waals surface area contributed by atoms with Crippen LogP contribution in [0.1, 0.15) is 31.2 Å². The number of aliphatic hydroxyl groups excluding tert-OH is 1. The second-order valence-corrected chi connectivity index (χ2v) is 5.49. The van der Waals surface area contributed by atoms with Gasteiger partial charge < -0.3 is 15.2 Å². The summed E-state index contributed by atoms with van der Waals surface area (Å²) in [6.07, 6.45) is 6.78. The molecule has 0 radical (unpaired) electrons. The molecule has 1 aliphatic carbocycles. The molecule has 3 nitrogen and oxygen atoms in total. The van der Waals surface area contributed by atoms with Gasteiger partial charge in [0.1, 0.15) is 18.5 Å². The van der Waals surface area contributed by atoms with Crippen LogP contribution in [0.4, 0.5) is 0 Å². The van der Waals surface area contributed by atoms with Crippen molar-refractivity contribution in [2.75, 3.05) is 19.7 Å². The third-order valence-corrected chi connectivity index (χ3v) is 3.57. The summed E-state index contributed by atoms with van der Waals surface area (Å²) in [6.45, 7) is 3.88. The lowest BCUT2D eigenvalue weighted by Gasteiger charge is -2.13. The minimum Gasteiger partial charge on any atom is -0.491 e. The molecule has 0 saturated carbocycles. The van der Waals surface area contributed by atoms with Crippen LogP contribution in [0.5, 0.6) is 5.75 Å². The van der Waals surface area contributed by atoms with Gasteiger partial charge in [-0.1, -0.05) is 23.8 Å². The Labute approximate surface area is 121 Å². The van der Waals surface area contributed by atoms with Gasteiger partial charge in [-0.3, -0.25) is 0 Å². The Morgan fingerprint density at radius 2 is 2.30 bits per heavy atom. The zero-order valence-electron chi connectivity index (χ0n) is 12.3. The molecule has 3 heteroatoms. The topological polar surface area (TPSA) is 41.5 Å². The summed E-state index contributed by atoms with van der Waals surface area (Å²) in [5.74, 6) is 0.820. The Hall–Kier alpha value is -1.32. The van der Waals surface area contributed by atoms with Gasteiger partial charge in [0.25, 0.3) is 0 Å². The minimum atomic E-state index is -0.465. The first kappa shape index (κ1) is 15.1. The third kappa shape index (κ3) is 5.35. The highest BCUT2D eigenvalue weighted by atomic mass is 16.5. The zero-order valence-corrected chi connectivity index (χ0v) is 12.3. The van der Waals surface area contributed by atoms with Crippen LogP contribution in [0.3, 0.4) is 0 Å². The lowest BCUT2D eigenvalue weighted by molar-refractivity contribution is 0.106. The summed E-state index contributed by atoms with van der Waals surface area (Å²) < 4.78 is 5.58. The maximum absolute atomic E-state index is 9.87. The zero-order chi connectivity index (χ0) is 14.2. The van der Waals surface area contributed by atoms with Gasteiger partial charge in [-0.2, -0.15) is 0 Å². The van der Waals surface area contributed by atoms with Crippen LogP contribution in [-0.4, -0.2) is 30.9 Å². The molecule has 20 heavy (non-hydrogen) atoms. The number of hydrogen-bond donors (Lipinski definition) is 2. The Balaban J connectivity index is 1.57. The van der Waals surface area contributed by atoms with E-state index in [0.717, 1.165) is 18.7 Å². The summed E-state index contributed by atoms with van der Waals surface area (Å²) in [5, 5.41) is 13.2. The van der Waals surface area contributed by atoms with E-state index in [4.69, 9.17) is 4.74 Å². The van der Waals surface area contributed by atoms with Gasteiger partial charge in [0.05, 0.1) is 0 Å². The first-order chi connectivity index (χ1) is 9.74. The Morgan fingerprint density at radius 1 is 1.40 bits per heavy atom. The molecule has 110 valence electrons. The van der Waals surface area contributed by atoms with Gasteiger partial charge in [-0.15, -0.1) is 0 Å². The number of allylic oxidation sites excluding steroid dienone is 1. The van der Waals surface area contributed by atoms with E-state index >= 15 is 0 Å². The highest BCUT2D eigenvalue weighted by Crippen LogP contribution is 2.19. The molecule has 0 aliphatic heterocycles. The number of hydrogen-bond acceptors (Lipinski definition) is 3. The SMILES string of the molecule is Cc1cccc(OCC(O)CNCCC2=CCCC2)c1. The molecule has 0 bridgehead atoms. The van der Waals surface area contributed by atoms with E-state index in [0.29, 0.717) is 13.2 Å². The minimum absolute atomic E-state index is 0.332. The normalized spacial score (nSPS) is 16.0. The lowest BCUT2D eigenvalue weighted by Crippen LogP contribution is -2.32. The van der Waals surface area contributed by atoms with E-state index in [1.807, 2.05) is 31.2 Å². The summed E-state index contributed by atoms with van der Waals surface area (Å²) >= 11 is 0. The highest BCUT2D eigenvalue weighted by Gasteiger charge is 2.07. The molecular formula is C17H25NO2. The molecule has 2 N–H and O–H groups in total. The maximum Gasteiger partial charge on any atom is 0.119 e. The predicted molar refractivity (Wildman–Crippen MR) is 82.1 cm³/mol. The average molecular weight is 275 g/mol.